The molecule has 0 aromatic heterocycles. The van der Waals surface area contributed by atoms with Crippen LogP contribution in [0.15, 0.2) is 146 Å². The summed E-state index contributed by atoms with van der Waals surface area (Å²) in [6.45, 7) is 1.65. The number of carboxylic acids is 14. The van der Waals surface area contributed by atoms with Gasteiger partial charge in [-0.2, -0.15) is 0 Å². The predicted octanol–water partition coefficient (Wildman–Crippen LogP) is 6.97. The summed E-state index contributed by atoms with van der Waals surface area (Å²) in [6.07, 6.45) is -0.532. The second-order valence-electron chi connectivity index (χ2n) is 17.7. The van der Waals surface area contributed by atoms with Crippen LogP contribution in [0.25, 0.3) is 0 Å². The second kappa shape index (κ2) is 37.2. The largest absolute Gasteiger partial charge is 0.508 e. The molecule has 0 amide bonds. The smallest absolute Gasteiger partial charge is 0.335 e. The molecule has 0 aliphatic rings. The number of aromatic carboxylic acids is 11. The van der Waals surface area contributed by atoms with Crippen molar-refractivity contribution in [1.82, 2.24) is 0 Å². The number of phenols is 1. The van der Waals surface area contributed by atoms with Gasteiger partial charge in [0.25, 0.3) is 0 Å². The van der Waals surface area contributed by atoms with Crippen LogP contribution in [-0.4, -0.2) is 167 Å². The lowest BCUT2D eigenvalue weighted by Gasteiger charge is -2.04. The summed E-state index contributed by atoms with van der Waals surface area (Å²) in [5.74, 6) is -16.0. The van der Waals surface area contributed by atoms with Gasteiger partial charge >= 0.3 is 83.6 Å². The van der Waals surface area contributed by atoms with Gasteiger partial charge in [-0.25, -0.2) is 52.7 Å². The highest BCUT2D eigenvalue weighted by atomic mass is 16.5. The molecule has 31 heteroatoms. The van der Waals surface area contributed by atoms with E-state index in [1.165, 1.54) is 73.8 Å². The van der Waals surface area contributed by atoms with Crippen LogP contribution in [0, 0.1) is 6.92 Å². The van der Waals surface area contributed by atoms with Crippen molar-refractivity contribution in [2.75, 3.05) is 12.8 Å². The minimum absolute atomic E-state index is 0.00241. The number of hydrogen-bond donors (Lipinski definition) is 16. The lowest BCUT2D eigenvalue weighted by Crippen LogP contribution is -2.07. The van der Waals surface area contributed by atoms with Gasteiger partial charge in [-0.3, -0.25) is 14.4 Å². The number of methoxy groups -OCH3 is 1. The second-order valence-corrected chi connectivity index (χ2v) is 17.7. The third kappa shape index (κ3) is 28.1. The Balaban J connectivity index is 0.000000537. The van der Waals surface area contributed by atoms with E-state index in [1.54, 1.807) is 43.3 Å². The summed E-state index contributed by atoms with van der Waals surface area (Å²) >= 11 is 0. The van der Waals surface area contributed by atoms with Gasteiger partial charge in [-0.15, -0.1) is 0 Å². The molecule has 0 heterocycles. The van der Waals surface area contributed by atoms with Crippen LogP contribution in [0.5, 0.6) is 11.5 Å². The molecule has 31 nitrogen and oxygen atoms in total. The molecule has 0 saturated carbocycles. The van der Waals surface area contributed by atoms with Crippen molar-refractivity contribution >= 4 is 89.3 Å². The minimum atomic E-state index is -1.28. The van der Waals surface area contributed by atoms with Crippen LogP contribution in [0.4, 0.5) is 5.69 Å². The number of ether oxygens (including phenoxy) is 1. The van der Waals surface area contributed by atoms with Crippen molar-refractivity contribution in [3.05, 3.63) is 229 Å². The number of aromatic hydroxyl groups is 1. The zero-order valence-corrected chi connectivity index (χ0v) is 47.4. The fourth-order valence-electron chi connectivity index (χ4n) is 6.81. The Morgan fingerprint density at radius 3 is 0.870 bits per heavy atom. The average molecular weight is 1280 g/mol. The number of nitrogens with two attached hydrogens (primary N) is 1. The molecule has 92 heavy (non-hydrogen) atoms. The number of benzene rings is 7. The summed E-state index contributed by atoms with van der Waals surface area (Å²) in [4.78, 5) is 147. The number of rotatable bonds is 18. The van der Waals surface area contributed by atoms with Crippen LogP contribution >= 0.6 is 0 Å². The van der Waals surface area contributed by atoms with Crippen molar-refractivity contribution in [2.45, 2.75) is 26.2 Å². The first-order valence-electron chi connectivity index (χ1n) is 24.9. The van der Waals surface area contributed by atoms with Gasteiger partial charge in [0.05, 0.1) is 87.6 Å². The van der Waals surface area contributed by atoms with E-state index in [4.69, 9.17) is 87.1 Å². The van der Waals surface area contributed by atoms with Crippen molar-refractivity contribution in [1.29, 1.82) is 0 Å². The number of anilines is 1. The lowest BCUT2D eigenvalue weighted by atomic mass is 10.0. The van der Waals surface area contributed by atoms with Gasteiger partial charge in [0, 0.05) is 5.69 Å². The Hall–Kier alpha value is -13.5. The fraction of sp³-hybridized carbons (Fsp3) is 0.0820. The van der Waals surface area contributed by atoms with E-state index >= 15 is 0 Å². The number of aliphatic carboxylic acids is 3. The first kappa shape index (κ1) is 76.5. The monoisotopic (exact) mass is 1280 g/mol. The van der Waals surface area contributed by atoms with E-state index in [0.29, 0.717) is 22.3 Å². The minimum Gasteiger partial charge on any atom is -0.508 e. The molecule has 17 N–H and O–H groups in total. The third-order valence-electron chi connectivity index (χ3n) is 10.8. The van der Waals surface area contributed by atoms with Gasteiger partial charge < -0.3 is 87.1 Å². The maximum atomic E-state index is 10.6. The van der Waals surface area contributed by atoms with E-state index in [1.807, 2.05) is 0 Å². The summed E-state index contributed by atoms with van der Waals surface area (Å²) in [7, 11) is 1.34. The molecule has 0 aliphatic carbocycles. The molecule has 0 aliphatic heterocycles. The van der Waals surface area contributed by atoms with Crippen molar-refractivity contribution in [3.8, 4) is 11.5 Å². The number of nitrogen functional groups attached to an aromatic ring is 1. The van der Waals surface area contributed by atoms with E-state index in [2.05, 4.69) is 0 Å². The highest BCUT2D eigenvalue weighted by molar-refractivity contribution is 5.98. The van der Waals surface area contributed by atoms with E-state index in [-0.39, 0.29) is 97.6 Å². The van der Waals surface area contributed by atoms with Crippen LogP contribution in [0.2, 0.25) is 0 Å². The summed E-state index contributed by atoms with van der Waals surface area (Å²) < 4.78 is 4.77. The standard InChI is InChI=1S/C10H10O4.C9H8O5.2C9H8O4.C8H7NO4.C8H6O5.C8H6O4/c11-9(12)5-7-3-1-2-4-8(7)6-10(13)14;1-14-7-3-5(8(10)11)2-6(4-7)9(12)13;1-5-2-6(8(10)11)4-7(3-5)9(12)13;10-8(11)5-6-3-1-2-4-7(6)9(12)13;2*9-6-2-4(7(10)11)1-5(3-6)8(12)13;9-7(10)5-2-1-3-6(4-5)8(11)12/h1-4H,5-6H2,(H,11,12)(H,13,14);2-4H,1H3,(H,10,11)(H,12,13);2-4H,1H3,(H,10,11)(H,12,13);1-4H,5H2,(H,10,11)(H,12,13);1-3H,9H2,(H,10,11)(H,12,13);1-3,9H,(H,10,11)(H,12,13);1-4H,(H,9,10)(H,11,12). The van der Waals surface area contributed by atoms with Gasteiger partial charge in [0.2, 0.25) is 0 Å². The molecule has 7 aromatic rings. The topological polar surface area (TPSA) is 578 Å². The zero-order valence-electron chi connectivity index (χ0n) is 47.4. The molecule has 0 radical (unpaired) electrons. The van der Waals surface area contributed by atoms with E-state index in [9.17, 15) is 67.1 Å². The van der Waals surface area contributed by atoms with Crippen LogP contribution in [-0.2, 0) is 33.6 Å². The number of aryl methyl sites for hydroxylation is 1. The quantitative estimate of drug-likeness (QED) is 0.0385. The Bertz CT molecular complexity index is 3570. The van der Waals surface area contributed by atoms with Crippen molar-refractivity contribution in [2.24, 2.45) is 0 Å². The first-order chi connectivity index (χ1) is 42.9. The Labute approximate surface area is 515 Å². The van der Waals surface area contributed by atoms with Gasteiger partial charge in [0.15, 0.2) is 0 Å². The predicted molar refractivity (Wildman–Crippen MR) is 313 cm³/mol. The fourth-order valence-corrected chi connectivity index (χ4v) is 6.81. The average Bonchev–Trinajstić information content (AvgIpc) is 1.33. The SMILES string of the molecule is COc1cc(C(=O)O)cc(C(=O)O)c1.Cc1cc(C(=O)O)cc(C(=O)O)c1.Nc1cc(C(=O)O)cc(C(=O)O)c1.O=C(O)Cc1ccccc1C(=O)O.O=C(O)Cc1ccccc1CC(=O)O.O=C(O)c1cc(O)cc(C(=O)O)c1.O=C(O)c1cccc(C(=O)O)c1. The molecule has 482 valence electrons. The Kier molecular flexibility index (Phi) is 30.9. The first-order valence-corrected chi connectivity index (χ1v) is 24.9. The number of carbonyl (C=O) groups is 14. The number of hydrogen-bond acceptors (Lipinski definition) is 17. The summed E-state index contributed by atoms with van der Waals surface area (Å²) in [5, 5.41) is 129. The van der Waals surface area contributed by atoms with E-state index < -0.39 is 83.6 Å². The lowest BCUT2D eigenvalue weighted by molar-refractivity contribution is -0.137. The molecule has 0 bridgehead atoms. The van der Waals surface area contributed by atoms with Crippen LogP contribution < -0.4 is 10.5 Å². The maximum absolute atomic E-state index is 10.6. The highest BCUT2D eigenvalue weighted by Crippen LogP contribution is 2.19. The zero-order chi connectivity index (χ0) is 70.3. The number of carboxylic acid groups (broad SMARTS) is 14. The van der Waals surface area contributed by atoms with Crippen LogP contribution in [0.1, 0.15) is 136 Å². The van der Waals surface area contributed by atoms with E-state index in [0.717, 1.165) is 42.5 Å². The third-order valence-corrected chi connectivity index (χ3v) is 10.8. The van der Waals surface area contributed by atoms with Gasteiger partial charge in [0.1, 0.15) is 11.5 Å². The Morgan fingerprint density at radius 2 is 0.576 bits per heavy atom. The highest BCUT2D eigenvalue weighted by Gasteiger charge is 2.16. The Morgan fingerprint density at radius 1 is 0.315 bits per heavy atom. The number of phenolic OH excluding ortho intramolecular Hbond substituents is 1. The molecule has 0 saturated heterocycles. The molecule has 7 rings (SSSR count). The van der Waals surface area contributed by atoms with Crippen LogP contribution in [0.3, 0.4) is 0 Å². The molecule has 0 spiro atoms. The molecule has 7 aromatic carbocycles. The molecule has 0 fully saturated rings. The summed E-state index contributed by atoms with van der Waals surface area (Å²) in [6, 6.07) is 31.9. The van der Waals surface area contributed by atoms with Gasteiger partial charge in [-0.05, 0) is 126 Å². The molecular weight excluding hydrogens is 1230 g/mol. The van der Waals surface area contributed by atoms with Crippen molar-refractivity contribution < 1.29 is 148 Å². The summed E-state index contributed by atoms with van der Waals surface area (Å²) in [5.41, 5.74) is 6.52. The normalized spacial score (nSPS) is 9.54. The molecular formula is C61H53NO30. The van der Waals surface area contributed by atoms with Gasteiger partial charge in [-0.1, -0.05) is 48.5 Å². The molecule has 0 unspecified atom stereocenters. The van der Waals surface area contributed by atoms with Crippen molar-refractivity contribution in [3.63, 3.8) is 0 Å². The maximum Gasteiger partial charge on any atom is 0.335 e. The molecule has 0 atom stereocenters.